The lowest BCUT2D eigenvalue weighted by Crippen LogP contribution is -2.45. The number of halogens is 1. The molecule has 1 amide bonds. The van der Waals surface area contributed by atoms with E-state index in [1.54, 1.807) is 38.4 Å². The molecule has 0 radical (unpaired) electrons. The van der Waals surface area contributed by atoms with E-state index in [0.717, 1.165) is 12.1 Å². The van der Waals surface area contributed by atoms with Gasteiger partial charge in [0.2, 0.25) is 15.9 Å². The molecule has 1 saturated heterocycles. The van der Waals surface area contributed by atoms with Crippen molar-refractivity contribution in [1.82, 2.24) is 4.31 Å². The Hall–Kier alpha value is -2.45. The smallest absolute Gasteiger partial charge is 0.243 e. The largest absolute Gasteiger partial charge is 0.497 e. The van der Waals surface area contributed by atoms with Crippen LogP contribution in [0.5, 0.6) is 5.75 Å². The number of rotatable bonds is 5. The van der Waals surface area contributed by atoms with Crippen LogP contribution in [0.15, 0.2) is 53.4 Å². The number of piperidine rings is 1. The van der Waals surface area contributed by atoms with Crippen LogP contribution in [0.1, 0.15) is 12.8 Å². The van der Waals surface area contributed by atoms with E-state index in [0.29, 0.717) is 30.8 Å². The fourth-order valence-corrected chi connectivity index (χ4v) is 4.86. The number of anilines is 1. The summed E-state index contributed by atoms with van der Waals surface area (Å²) >= 11 is 0. The van der Waals surface area contributed by atoms with Crippen LogP contribution in [0.4, 0.5) is 10.1 Å². The van der Waals surface area contributed by atoms with E-state index in [4.69, 9.17) is 4.74 Å². The summed E-state index contributed by atoms with van der Waals surface area (Å²) in [4.78, 5) is 14.5. The summed E-state index contributed by atoms with van der Waals surface area (Å²) < 4.78 is 45.3. The molecule has 8 heteroatoms. The molecule has 0 aliphatic carbocycles. The van der Waals surface area contributed by atoms with Crippen molar-refractivity contribution in [2.24, 2.45) is 5.92 Å². The van der Waals surface area contributed by atoms with Crippen molar-refractivity contribution in [3.8, 4) is 5.75 Å². The van der Waals surface area contributed by atoms with E-state index < -0.39 is 21.8 Å². The summed E-state index contributed by atoms with van der Waals surface area (Å²) in [5.41, 5.74) is 0.683. The predicted molar refractivity (Wildman–Crippen MR) is 104 cm³/mol. The van der Waals surface area contributed by atoms with Gasteiger partial charge in [0.25, 0.3) is 0 Å². The van der Waals surface area contributed by atoms with Crippen LogP contribution in [0.2, 0.25) is 0 Å². The second kappa shape index (κ2) is 8.28. The van der Waals surface area contributed by atoms with Crippen LogP contribution in [0, 0.1) is 11.7 Å². The van der Waals surface area contributed by atoms with Crippen LogP contribution < -0.4 is 9.64 Å². The maximum Gasteiger partial charge on any atom is 0.243 e. The molecule has 1 aliphatic heterocycles. The van der Waals surface area contributed by atoms with Crippen LogP contribution >= 0.6 is 0 Å². The number of methoxy groups -OCH3 is 1. The second-order valence-electron chi connectivity index (χ2n) is 6.75. The van der Waals surface area contributed by atoms with Gasteiger partial charge in [0.15, 0.2) is 0 Å². The van der Waals surface area contributed by atoms with E-state index in [1.807, 2.05) is 0 Å². The normalized spacial score (nSPS) is 17.9. The van der Waals surface area contributed by atoms with Crippen molar-refractivity contribution in [3.63, 3.8) is 0 Å². The zero-order valence-electron chi connectivity index (χ0n) is 15.8. The van der Waals surface area contributed by atoms with Gasteiger partial charge in [-0.1, -0.05) is 6.07 Å². The highest BCUT2D eigenvalue weighted by atomic mass is 32.2. The molecule has 0 bridgehead atoms. The zero-order valence-corrected chi connectivity index (χ0v) is 16.7. The Morgan fingerprint density at radius 3 is 2.61 bits per heavy atom. The number of ether oxygens (including phenoxy) is 1. The third kappa shape index (κ3) is 4.18. The van der Waals surface area contributed by atoms with Gasteiger partial charge in [0, 0.05) is 31.9 Å². The first kappa shape index (κ1) is 20.3. The monoisotopic (exact) mass is 406 g/mol. The molecule has 0 saturated carbocycles. The van der Waals surface area contributed by atoms with Gasteiger partial charge in [0.05, 0.1) is 17.9 Å². The molecule has 28 heavy (non-hydrogen) atoms. The van der Waals surface area contributed by atoms with E-state index in [-0.39, 0.29) is 17.3 Å². The summed E-state index contributed by atoms with van der Waals surface area (Å²) in [5.74, 6) is -0.445. The van der Waals surface area contributed by atoms with E-state index in [9.17, 15) is 17.6 Å². The summed E-state index contributed by atoms with van der Waals surface area (Å²) in [7, 11) is -0.543. The first-order valence-electron chi connectivity index (χ1n) is 9.00. The highest BCUT2D eigenvalue weighted by Crippen LogP contribution is 2.27. The van der Waals surface area contributed by atoms with Gasteiger partial charge in [-0.3, -0.25) is 4.79 Å². The topological polar surface area (TPSA) is 66.9 Å². The van der Waals surface area contributed by atoms with Crippen molar-refractivity contribution >= 4 is 21.6 Å². The molecule has 150 valence electrons. The molecule has 1 atom stereocenters. The predicted octanol–water partition coefficient (Wildman–Crippen LogP) is 2.90. The minimum absolute atomic E-state index is 0.0307. The molecular formula is C20H23FN2O4S. The van der Waals surface area contributed by atoms with Gasteiger partial charge in [-0.25, -0.2) is 12.8 Å². The lowest BCUT2D eigenvalue weighted by molar-refractivity contribution is -0.123. The Bertz CT molecular complexity index is 947. The number of carbonyl (C=O) groups excluding carboxylic acids is 1. The van der Waals surface area contributed by atoms with Gasteiger partial charge in [-0.2, -0.15) is 4.31 Å². The van der Waals surface area contributed by atoms with E-state index in [2.05, 4.69) is 0 Å². The lowest BCUT2D eigenvalue weighted by atomic mass is 9.98. The molecule has 1 unspecified atom stereocenters. The maximum absolute atomic E-state index is 13.1. The van der Waals surface area contributed by atoms with Gasteiger partial charge >= 0.3 is 0 Å². The molecule has 0 aromatic heterocycles. The third-order valence-electron chi connectivity index (χ3n) is 4.96. The minimum atomic E-state index is -3.77. The molecule has 2 aromatic rings. The lowest BCUT2D eigenvalue weighted by Gasteiger charge is -2.33. The number of benzene rings is 2. The molecule has 1 aliphatic rings. The minimum Gasteiger partial charge on any atom is -0.497 e. The Morgan fingerprint density at radius 2 is 1.93 bits per heavy atom. The van der Waals surface area contributed by atoms with Crippen molar-refractivity contribution < 1.29 is 22.3 Å². The number of nitrogens with zero attached hydrogens (tertiary/aromatic N) is 2. The Kier molecular flexibility index (Phi) is 6.00. The van der Waals surface area contributed by atoms with Crippen LogP contribution in [-0.4, -0.2) is 45.9 Å². The van der Waals surface area contributed by atoms with Crippen LogP contribution in [-0.2, 0) is 14.8 Å². The Labute approximate surface area is 164 Å². The summed E-state index contributed by atoms with van der Waals surface area (Å²) in [6.07, 6.45) is 1.20. The third-order valence-corrected chi connectivity index (χ3v) is 6.84. The Morgan fingerprint density at radius 1 is 1.21 bits per heavy atom. The fourth-order valence-electron chi connectivity index (χ4n) is 3.34. The molecule has 1 fully saturated rings. The first-order chi connectivity index (χ1) is 13.3. The van der Waals surface area contributed by atoms with Gasteiger partial charge in [-0.15, -0.1) is 0 Å². The van der Waals surface area contributed by atoms with Crippen molar-refractivity contribution in [1.29, 1.82) is 0 Å². The summed E-state index contributed by atoms with van der Waals surface area (Å²) in [6.45, 7) is 0.444. The van der Waals surface area contributed by atoms with Crippen molar-refractivity contribution in [2.45, 2.75) is 17.7 Å². The number of sulfonamides is 1. The van der Waals surface area contributed by atoms with E-state index >= 15 is 0 Å². The van der Waals surface area contributed by atoms with Gasteiger partial charge in [0.1, 0.15) is 11.6 Å². The second-order valence-corrected chi connectivity index (χ2v) is 8.69. The average molecular weight is 406 g/mol. The number of hydrogen-bond donors (Lipinski definition) is 0. The molecule has 6 nitrogen and oxygen atoms in total. The average Bonchev–Trinajstić information content (AvgIpc) is 2.73. The highest BCUT2D eigenvalue weighted by Gasteiger charge is 2.34. The SMILES string of the molecule is COc1cccc(N(C)C(=O)C2CCCN(S(=O)(=O)c3ccc(F)cc3)C2)c1. The summed E-state index contributed by atoms with van der Waals surface area (Å²) in [5, 5.41) is 0. The van der Waals surface area contributed by atoms with Gasteiger partial charge in [-0.05, 0) is 49.2 Å². The fraction of sp³-hybridized carbons (Fsp3) is 0.350. The maximum atomic E-state index is 13.1. The molecule has 1 heterocycles. The standard InChI is InChI=1S/C20H23FN2O4S/c1-22(17-6-3-7-18(13-17)27-2)20(24)15-5-4-12-23(14-15)28(25,26)19-10-8-16(21)9-11-19/h3,6-11,13,15H,4-5,12,14H2,1-2H3. The zero-order chi connectivity index (χ0) is 20.3. The number of hydrogen-bond acceptors (Lipinski definition) is 4. The molecule has 0 spiro atoms. The quantitative estimate of drug-likeness (QED) is 0.766. The first-order valence-corrected chi connectivity index (χ1v) is 10.4. The molecule has 2 aromatic carbocycles. The highest BCUT2D eigenvalue weighted by molar-refractivity contribution is 7.89. The van der Waals surface area contributed by atoms with Crippen LogP contribution in [0.3, 0.4) is 0 Å². The Balaban J connectivity index is 1.76. The van der Waals surface area contributed by atoms with Gasteiger partial charge < -0.3 is 9.64 Å². The van der Waals surface area contributed by atoms with Crippen molar-refractivity contribution in [3.05, 3.63) is 54.3 Å². The van der Waals surface area contributed by atoms with Crippen molar-refractivity contribution in [2.75, 3.05) is 32.1 Å². The summed E-state index contributed by atoms with van der Waals surface area (Å²) in [6, 6.07) is 11.9. The molecule has 3 rings (SSSR count). The number of amides is 1. The van der Waals surface area contributed by atoms with Crippen LogP contribution in [0.25, 0.3) is 0 Å². The number of carbonyl (C=O) groups is 1. The van der Waals surface area contributed by atoms with E-state index in [1.165, 1.54) is 21.3 Å². The molecule has 0 N–H and O–H groups in total. The molecular weight excluding hydrogens is 383 g/mol.